The molecule has 1 saturated carbocycles. The molecule has 1 atom stereocenters. The van der Waals surface area contributed by atoms with Gasteiger partial charge in [0.1, 0.15) is 0 Å². The number of carbonyl (C=O) groups is 2. The molecule has 2 aliphatic rings. The number of nitrogens with zero attached hydrogens (tertiary/aromatic N) is 4. The van der Waals surface area contributed by atoms with E-state index >= 15 is 0 Å². The van der Waals surface area contributed by atoms with Crippen molar-refractivity contribution >= 4 is 11.8 Å². The van der Waals surface area contributed by atoms with E-state index in [9.17, 15) is 18.4 Å². The molecule has 1 aliphatic carbocycles. The van der Waals surface area contributed by atoms with Gasteiger partial charge in [-0.05, 0) is 17.9 Å². The highest BCUT2D eigenvalue weighted by Crippen LogP contribution is 2.34. The van der Waals surface area contributed by atoms with Crippen molar-refractivity contribution in [3.8, 4) is 0 Å². The summed E-state index contributed by atoms with van der Waals surface area (Å²) in [6, 6.07) is 8.80. The van der Waals surface area contributed by atoms with Gasteiger partial charge in [0.05, 0.1) is 25.3 Å². The number of alkyl halides is 2. The zero-order valence-electron chi connectivity index (χ0n) is 18.1. The number of hydrogen-bond acceptors (Lipinski definition) is 4. The highest BCUT2D eigenvalue weighted by atomic mass is 19.3. The molecule has 0 radical (unpaired) electrons. The lowest BCUT2D eigenvalue weighted by atomic mass is 10.0. The predicted molar refractivity (Wildman–Crippen MR) is 114 cm³/mol. The average Bonchev–Trinajstić information content (AvgIpc) is 3.52. The van der Waals surface area contributed by atoms with E-state index in [0.717, 1.165) is 24.8 Å². The van der Waals surface area contributed by atoms with Gasteiger partial charge in [-0.1, -0.05) is 61.2 Å². The summed E-state index contributed by atoms with van der Waals surface area (Å²) in [4.78, 5) is 26.3. The average molecular weight is 446 g/mol. The molecule has 0 spiro atoms. The standard InChI is InChI=1S/C23H29F2N5O2/c24-23(25)12-19(30(16-23)21(31)11-10-17-6-4-5-7-17)14-29-15-20(27-28-29)22(32)26-13-18-8-2-1-3-9-18/h1-3,8-9,15,17,19H,4-7,10-14,16H2,(H,26,32). The van der Waals surface area contributed by atoms with Crippen molar-refractivity contribution < 1.29 is 18.4 Å². The normalized spacial score (nSPS) is 20.6. The summed E-state index contributed by atoms with van der Waals surface area (Å²) in [6.45, 7) is -0.116. The Morgan fingerprint density at radius 3 is 2.66 bits per heavy atom. The predicted octanol–water partition coefficient (Wildman–Crippen LogP) is 3.41. The van der Waals surface area contributed by atoms with Crippen molar-refractivity contribution in [1.29, 1.82) is 0 Å². The van der Waals surface area contributed by atoms with Crippen molar-refractivity contribution in [3.05, 3.63) is 47.8 Å². The molecule has 172 valence electrons. The van der Waals surface area contributed by atoms with Gasteiger partial charge in [0.15, 0.2) is 5.69 Å². The third-order valence-electron chi connectivity index (χ3n) is 6.40. The van der Waals surface area contributed by atoms with Crippen LogP contribution in [-0.4, -0.2) is 50.2 Å². The molecular weight excluding hydrogens is 416 g/mol. The number of carbonyl (C=O) groups excluding carboxylic acids is 2. The fourth-order valence-electron chi connectivity index (χ4n) is 4.70. The van der Waals surface area contributed by atoms with Crippen LogP contribution in [0.1, 0.15) is 61.0 Å². The summed E-state index contributed by atoms with van der Waals surface area (Å²) in [5.74, 6) is -2.99. The van der Waals surface area contributed by atoms with Crippen LogP contribution in [0.15, 0.2) is 36.5 Å². The van der Waals surface area contributed by atoms with Crippen LogP contribution < -0.4 is 5.32 Å². The summed E-state index contributed by atoms with van der Waals surface area (Å²) in [5, 5.41) is 10.6. The van der Waals surface area contributed by atoms with Gasteiger partial charge >= 0.3 is 0 Å². The van der Waals surface area contributed by atoms with Gasteiger partial charge in [-0.2, -0.15) is 0 Å². The van der Waals surface area contributed by atoms with Gasteiger partial charge in [0.25, 0.3) is 11.8 Å². The molecule has 7 nitrogen and oxygen atoms in total. The molecular formula is C23H29F2N5O2. The second-order valence-corrected chi connectivity index (χ2v) is 8.92. The molecule has 2 heterocycles. The molecule has 1 saturated heterocycles. The number of hydrogen-bond donors (Lipinski definition) is 1. The van der Waals surface area contributed by atoms with Crippen LogP contribution in [0.4, 0.5) is 8.78 Å². The first kappa shape index (κ1) is 22.4. The monoisotopic (exact) mass is 445 g/mol. The minimum atomic E-state index is -2.91. The summed E-state index contributed by atoms with van der Waals surface area (Å²) < 4.78 is 29.7. The van der Waals surface area contributed by atoms with Crippen LogP contribution in [0.2, 0.25) is 0 Å². The molecule has 9 heteroatoms. The van der Waals surface area contributed by atoms with Crippen LogP contribution in [0.3, 0.4) is 0 Å². The summed E-state index contributed by atoms with van der Waals surface area (Å²) in [7, 11) is 0. The van der Waals surface area contributed by atoms with E-state index < -0.39 is 24.9 Å². The first-order valence-corrected chi connectivity index (χ1v) is 11.3. The molecule has 0 bridgehead atoms. The lowest BCUT2D eigenvalue weighted by Crippen LogP contribution is -2.38. The largest absolute Gasteiger partial charge is 0.347 e. The van der Waals surface area contributed by atoms with Crippen molar-refractivity contribution in [1.82, 2.24) is 25.2 Å². The molecule has 1 aromatic carbocycles. The number of benzene rings is 1. The SMILES string of the molecule is O=C(NCc1ccccc1)c1cn(CC2CC(F)(F)CN2C(=O)CCC2CCCC2)nn1. The Kier molecular flexibility index (Phi) is 6.81. The minimum absolute atomic E-state index is 0.0870. The van der Waals surface area contributed by atoms with Crippen LogP contribution in [0.5, 0.6) is 0 Å². The first-order valence-electron chi connectivity index (χ1n) is 11.3. The second kappa shape index (κ2) is 9.75. The van der Waals surface area contributed by atoms with Gasteiger partial charge < -0.3 is 10.2 Å². The third kappa shape index (κ3) is 5.69. The molecule has 2 amide bonds. The summed E-state index contributed by atoms with van der Waals surface area (Å²) >= 11 is 0. The van der Waals surface area contributed by atoms with E-state index in [0.29, 0.717) is 18.9 Å². The summed E-state index contributed by atoms with van der Waals surface area (Å²) in [5.41, 5.74) is 1.07. The Morgan fingerprint density at radius 2 is 1.91 bits per heavy atom. The summed E-state index contributed by atoms with van der Waals surface area (Å²) in [6.07, 6.45) is 6.75. The fourth-order valence-corrected chi connectivity index (χ4v) is 4.70. The fraction of sp³-hybridized carbons (Fsp3) is 0.565. The lowest BCUT2D eigenvalue weighted by Gasteiger charge is -2.24. The van der Waals surface area contributed by atoms with E-state index in [1.54, 1.807) is 0 Å². The highest BCUT2D eigenvalue weighted by Gasteiger charge is 2.47. The Hall–Kier alpha value is -2.84. The van der Waals surface area contributed by atoms with Gasteiger partial charge in [0, 0.05) is 19.4 Å². The third-order valence-corrected chi connectivity index (χ3v) is 6.40. The van der Waals surface area contributed by atoms with Crippen LogP contribution in [0.25, 0.3) is 0 Å². The van der Waals surface area contributed by atoms with Gasteiger partial charge in [-0.25, -0.2) is 13.5 Å². The van der Waals surface area contributed by atoms with E-state index in [-0.39, 0.29) is 24.1 Å². The number of rotatable bonds is 8. The number of likely N-dealkylation sites (tertiary alicyclic amines) is 1. The van der Waals surface area contributed by atoms with Gasteiger partial charge in [0.2, 0.25) is 5.91 Å². The van der Waals surface area contributed by atoms with E-state index in [2.05, 4.69) is 15.6 Å². The Bertz CT molecular complexity index is 927. The van der Waals surface area contributed by atoms with E-state index in [4.69, 9.17) is 0 Å². The maximum atomic E-state index is 14.1. The smallest absolute Gasteiger partial charge is 0.273 e. The Balaban J connectivity index is 1.33. The number of amides is 2. The quantitative estimate of drug-likeness (QED) is 0.675. The zero-order valence-corrected chi connectivity index (χ0v) is 18.1. The minimum Gasteiger partial charge on any atom is -0.347 e. The maximum Gasteiger partial charge on any atom is 0.273 e. The molecule has 2 fully saturated rings. The van der Waals surface area contributed by atoms with Crippen LogP contribution in [0, 0.1) is 5.92 Å². The Morgan fingerprint density at radius 1 is 1.16 bits per heavy atom. The van der Waals surface area contributed by atoms with Crippen LogP contribution in [-0.2, 0) is 17.9 Å². The molecule has 4 rings (SSSR count). The van der Waals surface area contributed by atoms with Crippen molar-refractivity contribution in [2.45, 2.75) is 70.0 Å². The first-order chi connectivity index (χ1) is 15.4. The molecule has 1 N–H and O–H groups in total. The molecule has 32 heavy (non-hydrogen) atoms. The van der Waals surface area contributed by atoms with E-state index in [1.807, 2.05) is 30.3 Å². The lowest BCUT2D eigenvalue weighted by molar-refractivity contribution is -0.133. The second-order valence-electron chi connectivity index (χ2n) is 8.92. The maximum absolute atomic E-state index is 14.1. The molecule has 1 unspecified atom stereocenters. The van der Waals surface area contributed by atoms with E-state index in [1.165, 1.54) is 28.6 Å². The highest BCUT2D eigenvalue weighted by molar-refractivity contribution is 5.91. The van der Waals surface area contributed by atoms with Crippen LogP contribution >= 0.6 is 0 Å². The Labute approximate surface area is 186 Å². The van der Waals surface area contributed by atoms with Crippen molar-refractivity contribution in [3.63, 3.8) is 0 Å². The van der Waals surface area contributed by atoms with Gasteiger partial charge in [-0.3, -0.25) is 9.59 Å². The van der Waals surface area contributed by atoms with Crippen molar-refractivity contribution in [2.75, 3.05) is 6.54 Å². The molecule has 2 aromatic rings. The number of aromatic nitrogens is 3. The number of nitrogens with one attached hydrogen (secondary N) is 1. The molecule has 1 aliphatic heterocycles. The number of halogens is 2. The van der Waals surface area contributed by atoms with Gasteiger partial charge in [-0.15, -0.1) is 5.10 Å². The molecule has 1 aromatic heterocycles. The topological polar surface area (TPSA) is 80.1 Å². The zero-order chi connectivity index (χ0) is 22.6. The van der Waals surface area contributed by atoms with Crippen molar-refractivity contribution in [2.24, 2.45) is 5.92 Å².